The Morgan fingerprint density at radius 2 is 1.91 bits per heavy atom. The minimum Gasteiger partial charge on any atom is -0.494 e. The van der Waals surface area contributed by atoms with Gasteiger partial charge in [-0.05, 0) is 75.2 Å². The Morgan fingerprint density at radius 1 is 1.06 bits per heavy atom. The van der Waals surface area contributed by atoms with Crippen LogP contribution in [0.5, 0.6) is 5.75 Å². The number of pyridine rings is 1. The van der Waals surface area contributed by atoms with E-state index in [2.05, 4.69) is 16.8 Å². The van der Waals surface area contributed by atoms with Crippen molar-refractivity contribution in [2.24, 2.45) is 0 Å². The average molecular weight is 473 g/mol. The van der Waals surface area contributed by atoms with Gasteiger partial charge in [-0.3, -0.25) is 14.6 Å². The Balaban J connectivity index is 1.15. The molecule has 2 fully saturated rings. The maximum atomic E-state index is 13.2. The van der Waals surface area contributed by atoms with Crippen molar-refractivity contribution >= 4 is 28.4 Å². The third-order valence-corrected chi connectivity index (χ3v) is 7.08. The molecular weight excluding hydrogens is 440 g/mol. The number of carbonyl (C=O) groups is 2. The SMILES string of the molecule is CC1CCCN1CCCOc1ccc(N2CCN(C(=O)c3cccc4ncccc34)CC2=O)cc1. The highest BCUT2D eigenvalue weighted by Crippen LogP contribution is 2.24. The topological polar surface area (TPSA) is 66.0 Å². The van der Waals surface area contributed by atoms with Crippen molar-refractivity contribution in [3.8, 4) is 5.75 Å². The summed E-state index contributed by atoms with van der Waals surface area (Å²) in [4.78, 5) is 36.3. The number of carbonyl (C=O) groups excluding carboxylic acids is 2. The van der Waals surface area contributed by atoms with Crippen LogP contribution in [0, 0.1) is 0 Å². The fourth-order valence-corrected chi connectivity index (χ4v) is 5.08. The van der Waals surface area contributed by atoms with Crippen molar-refractivity contribution in [1.29, 1.82) is 0 Å². The molecule has 3 aromatic rings. The summed E-state index contributed by atoms with van der Waals surface area (Å²) in [5.41, 5.74) is 2.18. The molecule has 2 aromatic carbocycles. The minimum absolute atomic E-state index is 0.0582. The minimum atomic E-state index is -0.135. The predicted molar refractivity (Wildman–Crippen MR) is 137 cm³/mol. The first kappa shape index (κ1) is 23.3. The van der Waals surface area contributed by atoms with Gasteiger partial charge in [-0.2, -0.15) is 0 Å². The number of nitrogens with zero attached hydrogens (tertiary/aromatic N) is 4. The van der Waals surface area contributed by atoms with Crippen LogP contribution in [0.15, 0.2) is 60.8 Å². The molecule has 2 saturated heterocycles. The lowest BCUT2D eigenvalue weighted by Crippen LogP contribution is -2.52. The molecule has 0 saturated carbocycles. The normalized spacial score (nSPS) is 18.9. The smallest absolute Gasteiger partial charge is 0.255 e. The van der Waals surface area contributed by atoms with E-state index in [4.69, 9.17) is 4.74 Å². The number of amides is 2. The lowest BCUT2D eigenvalue weighted by molar-refractivity contribution is -0.120. The Labute approximate surface area is 206 Å². The number of likely N-dealkylation sites (tertiary alicyclic amines) is 1. The van der Waals surface area contributed by atoms with Gasteiger partial charge in [-0.25, -0.2) is 0 Å². The number of piperazine rings is 1. The Morgan fingerprint density at radius 3 is 2.69 bits per heavy atom. The molecule has 5 rings (SSSR count). The van der Waals surface area contributed by atoms with Crippen molar-refractivity contribution in [2.45, 2.75) is 32.2 Å². The molecule has 7 heteroatoms. The molecule has 1 unspecified atom stereocenters. The third-order valence-electron chi connectivity index (χ3n) is 7.08. The molecule has 1 atom stereocenters. The number of hydrogen-bond donors (Lipinski definition) is 0. The molecule has 2 aliphatic heterocycles. The van der Waals surface area contributed by atoms with E-state index in [9.17, 15) is 9.59 Å². The number of fused-ring (bicyclic) bond motifs is 1. The summed E-state index contributed by atoms with van der Waals surface area (Å²) in [6.45, 7) is 6.25. The highest BCUT2D eigenvalue weighted by Gasteiger charge is 2.29. The summed E-state index contributed by atoms with van der Waals surface area (Å²) in [6.07, 6.45) is 5.31. The van der Waals surface area contributed by atoms with E-state index in [-0.39, 0.29) is 18.4 Å². The van der Waals surface area contributed by atoms with E-state index in [0.29, 0.717) is 31.3 Å². The molecule has 0 radical (unpaired) electrons. The molecule has 7 nitrogen and oxygen atoms in total. The van der Waals surface area contributed by atoms with Gasteiger partial charge < -0.3 is 19.4 Å². The molecule has 0 spiro atoms. The van der Waals surface area contributed by atoms with E-state index in [0.717, 1.165) is 35.3 Å². The first-order valence-corrected chi connectivity index (χ1v) is 12.5. The lowest BCUT2D eigenvalue weighted by atomic mass is 10.1. The van der Waals surface area contributed by atoms with Crippen molar-refractivity contribution in [2.75, 3.05) is 44.2 Å². The summed E-state index contributed by atoms with van der Waals surface area (Å²) in [6, 6.07) is 17.6. The van der Waals surface area contributed by atoms with Crippen molar-refractivity contribution < 1.29 is 14.3 Å². The fourth-order valence-electron chi connectivity index (χ4n) is 5.08. The van der Waals surface area contributed by atoms with Gasteiger partial charge in [0.2, 0.25) is 5.91 Å². The largest absolute Gasteiger partial charge is 0.494 e. The molecule has 0 N–H and O–H groups in total. The van der Waals surface area contributed by atoms with Crippen LogP contribution >= 0.6 is 0 Å². The molecule has 3 heterocycles. The van der Waals surface area contributed by atoms with Crippen LogP contribution in [0.3, 0.4) is 0 Å². The second-order valence-corrected chi connectivity index (χ2v) is 9.37. The predicted octanol–water partition coefficient (Wildman–Crippen LogP) is 3.98. The van der Waals surface area contributed by atoms with E-state index in [1.807, 2.05) is 48.5 Å². The maximum absolute atomic E-state index is 13.2. The standard InChI is InChI=1S/C28H32N4O3/c1-21-6-4-15-30(21)16-5-19-35-23-12-10-22(11-13-23)32-18-17-31(20-27(32)33)28(34)25-7-2-9-26-24(25)8-3-14-29-26/h2-3,7-14,21H,4-6,15-20H2,1H3. The zero-order valence-electron chi connectivity index (χ0n) is 20.2. The highest BCUT2D eigenvalue weighted by molar-refractivity contribution is 6.08. The van der Waals surface area contributed by atoms with Crippen LogP contribution in [0.4, 0.5) is 5.69 Å². The van der Waals surface area contributed by atoms with Crippen molar-refractivity contribution in [1.82, 2.24) is 14.8 Å². The van der Waals surface area contributed by atoms with Crippen LogP contribution in [0.25, 0.3) is 10.9 Å². The summed E-state index contributed by atoms with van der Waals surface area (Å²) in [7, 11) is 0. The second kappa shape index (κ2) is 10.4. The Bertz CT molecular complexity index is 1190. The average Bonchev–Trinajstić information content (AvgIpc) is 3.30. The van der Waals surface area contributed by atoms with Gasteiger partial charge in [0.1, 0.15) is 12.3 Å². The number of rotatable bonds is 7. The molecule has 2 amide bonds. The number of hydrogen-bond acceptors (Lipinski definition) is 5. The molecule has 0 aliphatic carbocycles. The highest BCUT2D eigenvalue weighted by atomic mass is 16.5. The third kappa shape index (κ3) is 5.15. The molecular formula is C28H32N4O3. The molecule has 2 aliphatic rings. The number of anilines is 1. The maximum Gasteiger partial charge on any atom is 0.255 e. The van der Waals surface area contributed by atoms with E-state index in [1.165, 1.54) is 19.4 Å². The zero-order chi connectivity index (χ0) is 24.2. The number of aromatic nitrogens is 1. The summed E-state index contributed by atoms with van der Waals surface area (Å²) in [5, 5.41) is 0.806. The fraction of sp³-hybridized carbons (Fsp3) is 0.393. The lowest BCUT2D eigenvalue weighted by Gasteiger charge is -2.34. The van der Waals surface area contributed by atoms with Crippen LogP contribution in [0.1, 0.15) is 36.5 Å². The number of ether oxygens (including phenoxy) is 1. The van der Waals surface area contributed by atoms with Crippen molar-refractivity contribution in [3.05, 3.63) is 66.4 Å². The van der Waals surface area contributed by atoms with E-state index >= 15 is 0 Å². The first-order valence-electron chi connectivity index (χ1n) is 12.5. The van der Waals surface area contributed by atoms with Crippen LogP contribution in [-0.4, -0.2) is 72.0 Å². The first-order chi connectivity index (χ1) is 17.1. The summed E-state index contributed by atoms with van der Waals surface area (Å²) in [5.74, 6) is 0.592. The van der Waals surface area contributed by atoms with Crippen LogP contribution < -0.4 is 9.64 Å². The van der Waals surface area contributed by atoms with Gasteiger partial charge in [0, 0.05) is 48.5 Å². The summed E-state index contributed by atoms with van der Waals surface area (Å²) >= 11 is 0. The van der Waals surface area contributed by atoms with Gasteiger partial charge >= 0.3 is 0 Å². The monoisotopic (exact) mass is 472 g/mol. The van der Waals surface area contributed by atoms with Gasteiger partial charge in [-0.1, -0.05) is 12.1 Å². The van der Waals surface area contributed by atoms with Gasteiger partial charge in [0.25, 0.3) is 5.91 Å². The van der Waals surface area contributed by atoms with E-state index in [1.54, 1.807) is 22.1 Å². The quantitative estimate of drug-likeness (QED) is 0.487. The van der Waals surface area contributed by atoms with Crippen LogP contribution in [0.2, 0.25) is 0 Å². The molecule has 1 aromatic heterocycles. The molecule has 35 heavy (non-hydrogen) atoms. The molecule has 182 valence electrons. The molecule has 0 bridgehead atoms. The van der Waals surface area contributed by atoms with E-state index < -0.39 is 0 Å². The van der Waals surface area contributed by atoms with Gasteiger partial charge in [-0.15, -0.1) is 0 Å². The van der Waals surface area contributed by atoms with Crippen molar-refractivity contribution in [3.63, 3.8) is 0 Å². The van der Waals surface area contributed by atoms with Crippen LogP contribution in [-0.2, 0) is 4.79 Å². The Hall–Kier alpha value is -3.45. The zero-order valence-corrected chi connectivity index (χ0v) is 20.2. The second-order valence-electron chi connectivity index (χ2n) is 9.37. The number of benzene rings is 2. The van der Waals surface area contributed by atoms with Gasteiger partial charge in [0.05, 0.1) is 12.1 Å². The summed E-state index contributed by atoms with van der Waals surface area (Å²) < 4.78 is 5.91. The van der Waals surface area contributed by atoms with Gasteiger partial charge in [0.15, 0.2) is 0 Å². The Kier molecular flexibility index (Phi) is 6.95.